The van der Waals surface area contributed by atoms with Crippen LogP contribution in [0, 0.1) is 0 Å². The molecule has 116 valence electrons. The van der Waals surface area contributed by atoms with E-state index in [4.69, 9.17) is 4.74 Å². The summed E-state index contributed by atoms with van der Waals surface area (Å²) in [6.45, 7) is 8.21. The summed E-state index contributed by atoms with van der Waals surface area (Å²) in [5.74, 6) is -0.274. The average molecular weight is 286 g/mol. The van der Waals surface area contributed by atoms with Crippen LogP contribution in [0.2, 0.25) is 0 Å². The van der Waals surface area contributed by atoms with Crippen LogP contribution in [0.5, 0.6) is 0 Å². The van der Waals surface area contributed by atoms with E-state index in [9.17, 15) is 9.59 Å². The van der Waals surface area contributed by atoms with Gasteiger partial charge in [0, 0.05) is 18.6 Å². The van der Waals surface area contributed by atoms with Gasteiger partial charge in [-0.1, -0.05) is 6.92 Å². The van der Waals surface area contributed by atoms with Gasteiger partial charge in [0.05, 0.1) is 32.8 Å². The fraction of sp³-hybridized carbons (Fsp3) is 0.857. The Balaban J connectivity index is 2.40. The standard InChI is InChI=1S/C14H26N2O4/c1-5-14(2,3)15-12(17)10-16-6-7-20-11(9-16)8-13(18)19-4/h11H,5-10H2,1-4H3,(H,15,17). The van der Waals surface area contributed by atoms with Crippen LogP contribution in [0.15, 0.2) is 0 Å². The molecule has 1 aliphatic heterocycles. The van der Waals surface area contributed by atoms with Gasteiger partial charge < -0.3 is 14.8 Å². The number of carbonyl (C=O) groups is 2. The van der Waals surface area contributed by atoms with Crippen molar-refractivity contribution < 1.29 is 19.1 Å². The van der Waals surface area contributed by atoms with Gasteiger partial charge in [-0.15, -0.1) is 0 Å². The Morgan fingerprint density at radius 3 is 2.75 bits per heavy atom. The van der Waals surface area contributed by atoms with Crippen LogP contribution < -0.4 is 5.32 Å². The third-order valence-electron chi connectivity index (χ3n) is 3.57. The van der Waals surface area contributed by atoms with Crippen LogP contribution in [0.1, 0.15) is 33.6 Å². The maximum Gasteiger partial charge on any atom is 0.308 e. The minimum atomic E-state index is -0.284. The second-order valence-corrected chi connectivity index (χ2v) is 5.79. The first-order valence-corrected chi connectivity index (χ1v) is 7.08. The van der Waals surface area contributed by atoms with E-state index < -0.39 is 0 Å². The van der Waals surface area contributed by atoms with E-state index in [2.05, 4.69) is 10.1 Å². The molecule has 20 heavy (non-hydrogen) atoms. The first-order chi connectivity index (χ1) is 9.36. The van der Waals surface area contributed by atoms with Crippen LogP contribution in [-0.4, -0.2) is 61.8 Å². The topological polar surface area (TPSA) is 67.9 Å². The van der Waals surface area contributed by atoms with Gasteiger partial charge >= 0.3 is 5.97 Å². The molecule has 1 heterocycles. The molecule has 0 radical (unpaired) electrons. The summed E-state index contributed by atoms with van der Waals surface area (Å²) in [6, 6.07) is 0. The summed E-state index contributed by atoms with van der Waals surface area (Å²) in [6.07, 6.45) is 0.921. The van der Waals surface area contributed by atoms with E-state index in [1.165, 1.54) is 7.11 Å². The number of hydrogen-bond acceptors (Lipinski definition) is 5. The average Bonchev–Trinajstić information content (AvgIpc) is 2.38. The molecule has 0 spiro atoms. The van der Waals surface area contributed by atoms with Crippen molar-refractivity contribution in [2.45, 2.75) is 45.3 Å². The van der Waals surface area contributed by atoms with E-state index in [1.54, 1.807) is 0 Å². The van der Waals surface area contributed by atoms with Crippen LogP contribution in [0.4, 0.5) is 0 Å². The molecule has 6 nitrogen and oxygen atoms in total. The number of carbonyl (C=O) groups excluding carboxylic acids is 2. The lowest BCUT2D eigenvalue weighted by Crippen LogP contribution is -2.51. The van der Waals surface area contributed by atoms with Gasteiger partial charge in [0.1, 0.15) is 0 Å². The van der Waals surface area contributed by atoms with Crippen molar-refractivity contribution in [3.63, 3.8) is 0 Å². The Morgan fingerprint density at radius 1 is 1.45 bits per heavy atom. The molecular weight excluding hydrogens is 260 g/mol. The Kier molecular flexibility index (Phi) is 6.42. The number of esters is 1. The number of ether oxygens (including phenoxy) is 2. The zero-order valence-corrected chi connectivity index (χ0v) is 12.9. The highest BCUT2D eigenvalue weighted by molar-refractivity contribution is 5.78. The van der Waals surface area contributed by atoms with Gasteiger partial charge in [-0.25, -0.2) is 0 Å². The van der Waals surface area contributed by atoms with Crippen LogP contribution >= 0.6 is 0 Å². The van der Waals surface area contributed by atoms with Crippen LogP contribution in [0.3, 0.4) is 0 Å². The molecular formula is C14H26N2O4. The SMILES string of the molecule is CCC(C)(C)NC(=O)CN1CCOC(CC(=O)OC)C1. The predicted octanol–water partition coefficient (Wildman–Crippen LogP) is 0.555. The Bertz CT molecular complexity index is 344. The van der Waals surface area contributed by atoms with Crippen molar-refractivity contribution in [3.05, 3.63) is 0 Å². The molecule has 1 unspecified atom stereocenters. The molecule has 0 saturated carbocycles. The lowest BCUT2D eigenvalue weighted by Gasteiger charge is -2.33. The molecule has 0 aromatic heterocycles. The highest BCUT2D eigenvalue weighted by Gasteiger charge is 2.26. The second kappa shape index (κ2) is 7.59. The van der Waals surface area contributed by atoms with Gasteiger partial charge in [-0.05, 0) is 20.3 Å². The molecule has 0 bridgehead atoms. The molecule has 0 aromatic rings. The maximum atomic E-state index is 12.0. The van der Waals surface area contributed by atoms with Crippen molar-refractivity contribution >= 4 is 11.9 Å². The lowest BCUT2D eigenvalue weighted by atomic mass is 10.0. The monoisotopic (exact) mass is 286 g/mol. The molecule has 1 amide bonds. The molecule has 1 N–H and O–H groups in total. The van der Waals surface area contributed by atoms with E-state index in [1.807, 2.05) is 25.7 Å². The number of nitrogens with zero attached hydrogens (tertiary/aromatic N) is 1. The van der Waals surface area contributed by atoms with Gasteiger partial charge in [-0.3, -0.25) is 14.5 Å². The smallest absolute Gasteiger partial charge is 0.308 e. The van der Waals surface area contributed by atoms with Crippen LogP contribution in [0.25, 0.3) is 0 Å². The first-order valence-electron chi connectivity index (χ1n) is 7.08. The van der Waals surface area contributed by atoms with E-state index in [0.29, 0.717) is 26.2 Å². The molecule has 1 fully saturated rings. The predicted molar refractivity (Wildman–Crippen MR) is 75.3 cm³/mol. The highest BCUT2D eigenvalue weighted by atomic mass is 16.5. The highest BCUT2D eigenvalue weighted by Crippen LogP contribution is 2.10. The van der Waals surface area contributed by atoms with Gasteiger partial charge in [0.2, 0.25) is 5.91 Å². The van der Waals surface area contributed by atoms with Gasteiger partial charge in [0.25, 0.3) is 0 Å². The summed E-state index contributed by atoms with van der Waals surface area (Å²) in [4.78, 5) is 25.2. The Labute approximate surface area is 120 Å². The number of hydrogen-bond donors (Lipinski definition) is 1. The number of morpholine rings is 1. The second-order valence-electron chi connectivity index (χ2n) is 5.79. The third kappa shape index (κ3) is 5.88. The zero-order valence-electron chi connectivity index (χ0n) is 12.9. The molecule has 1 rings (SSSR count). The van der Waals surface area contributed by atoms with Crippen molar-refractivity contribution in [2.75, 3.05) is 33.4 Å². The fourth-order valence-corrected chi connectivity index (χ4v) is 2.03. The fourth-order valence-electron chi connectivity index (χ4n) is 2.03. The quantitative estimate of drug-likeness (QED) is 0.722. The number of nitrogens with one attached hydrogen (secondary N) is 1. The number of methoxy groups -OCH3 is 1. The molecule has 1 saturated heterocycles. The Hall–Kier alpha value is -1.14. The minimum absolute atomic E-state index is 0.00979. The van der Waals surface area contributed by atoms with Crippen LogP contribution in [-0.2, 0) is 19.1 Å². The van der Waals surface area contributed by atoms with E-state index in [0.717, 1.165) is 6.42 Å². The molecule has 1 atom stereocenters. The minimum Gasteiger partial charge on any atom is -0.469 e. The van der Waals surface area contributed by atoms with E-state index in [-0.39, 0.29) is 29.9 Å². The number of rotatable bonds is 6. The maximum absolute atomic E-state index is 12.0. The first kappa shape index (κ1) is 16.9. The molecule has 6 heteroatoms. The van der Waals surface area contributed by atoms with Crippen molar-refractivity contribution in [2.24, 2.45) is 0 Å². The summed E-state index contributed by atoms with van der Waals surface area (Å²) in [5, 5.41) is 3.01. The molecule has 1 aliphatic rings. The van der Waals surface area contributed by atoms with E-state index >= 15 is 0 Å². The third-order valence-corrected chi connectivity index (χ3v) is 3.57. The summed E-state index contributed by atoms with van der Waals surface area (Å²) in [5.41, 5.74) is -0.186. The number of amides is 1. The van der Waals surface area contributed by atoms with Gasteiger partial charge in [-0.2, -0.15) is 0 Å². The lowest BCUT2D eigenvalue weighted by molar-refractivity contribution is -0.145. The summed E-state index contributed by atoms with van der Waals surface area (Å²) in [7, 11) is 1.36. The molecule has 0 aromatic carbocycles. The summed E-state index contributed by atoms with van der Waals surface area (Å²) < 4.78 is 10.1. The van der Waals surface area contributed by atoms with Gasteiger partial charge in [0.15, 0.2) is 0 Å². The zero-order chi connectivity index (χ0) is 15.2. The Morgan fingerprint density at radius 2 is 2.15 bits per heavy atom. The van der Waals surface area contributed by atoms with Crippen molar-refractivity contribution in [3.8, 4) is 0 Å². The van der Waals surface area contributed by atoms with Crippen molar-refractivity contribution in [1.29, 1.82) is 0 Å². The van der Waals surface area contributed by atoms with Crippen molar-refractivity contribution in [1.82, 2.24) is 10.2 Å². The normalized spacial score (nSPS) is 20.5. The summed E-state index contributed by atoms with van der Waals surface area (Å²) >= 11 is 0. The largest absolute Gasteiger partial charge is 0.469 e. The molecule has 0 aliphatic carbocycles.